The molecule has 1 unspecified atom stereocenters. The lowest BCUT2D eigenvalue weighted by Gasteiger charge is -2.35. The van der Waals surface area contributed by atoms with E-state index in [-0.39, 0.29) is 6.10 Å². The van der Waals surface area contributed by atoms with Crippen LogP contribution in [0.3, 0.4) is 0 Å². The van der Waals surface area contributed by atoms with Crippen molar-refractivity contribution in [3.63, 3.8) is 0 Å². The number of anilines is 1. The number of nitrogens with zero attached hydrogens (tertiary/aromatic N) is 1. The predicted octanol–water partition coefficient (Wildman–Crippen LogP) is 1.74. The maximum atomic E-state index is 9.60. The highest BCUT2D eigenvalue weighted by Gasteiger charge is 2.23. The predicted molar refractivity (Wildman–Crippen MR) is 71.0 cm³/mol. The van der Waals surface area contributed by atoms with Crippen molar-refractivity contribution in [3.8, 4) is 0 Å². The Balaban J connectivity index is 2.05. The first kappa shape index (κ1) is 12.4. The summed E-state index contributed by atoms with van der Waals surface area (Å²) in [6, 6.07) is 8.34. The number of benzene rings is 1. The average molecular weight is 234 g/mol. The first-order valence-electron chi connectivity index (χ1n) is 6.43. The van der Waals surface area contributed by atoms with E-state index in [0.717, 1.165) is 25.9 Å². The minimum Gasteiger partial charge on any atom is -0.393 e. The number of rotatable bonds is 3. The summed E-state index contributed by atoms with van der Waals surface area (Å²) in [4.78, 5) is 2.39. The number of para-hydroxylation sites is 1. The Kier molecular flexibility index (Phi) is 4.02. The van der Waals surface area contributed by atoms with E-state index in [4.69, 9.17) is 5.73 Å². The van der Waals surface area contributed by atoms with E-state index in [9.17, 15) is 5.11 Å². The highest BCUT2D eigenvalue weighted by Crippen LogP contribution is 2.27. The van der Waals surface area contributed by atoms with Gasteiger partial charge in [0.25, 0.3) is 0 Å². The lowest BCUT2D eigenvalue weighted by atomic mass is 9.91. The zero-order valence-corrected chi connectivity index (χ0v) is 10.5. The molecule has 2 rings (SSSR count). The number of hydrogen-bond acceptors (Lipinski definition) is 3. The molecule has 1 heterocycles. The molecule has 0 aliphatic carbocycles. The Morgan fingerprint density at radius 2 is 2.00 bits per heavy atom. The molecule has 1 aromatic carbocycles. The summed E-state index contributed by atoms with van der Waals surface area (Å²) >= 11 is 0. The summed E-state index contributed by atoms with van der Waals surface area (Å²) in [5, 5.41) is 9.60. The Hall–Kier alpha value is -1.06. The molecular weight excluding hydrogens is 212 g/mol. The van der Waals surface area contributed by atoms with E-state index >= 15 is 0 Å². The lowest BCUT2D eigenvalue weighted by molar-refractivity contribution is 0.110. The Labute approximate surface area is 103 Å². The number of aliphatic hydroxyl groups excluding tert-OH is 1. The van der Waals surface area contributed by atoms with Gasteiger partial charge in [0.05, 0.1) is 6.10 Å². The van der Waals surface area contributed by atoms with Crippen LogP contribution in [0.1, 0.15) is 25.3 Å². The Morgan fingerprint density at radius 1 is 1.35 bits per heavy atom. The van der Waals surface area contributed by atoms with Crippen molar-refractivity contribution in [1.29, 1.82) is 0 Å². The van der Waals surface area contributed by atoms with Crippen molar-refractivity contribution in [1.82, 2.24) is 0 Å². The van der Waals surface area contributed by atoms with E-state index in [1.54, 1.807) is 0 Å². The second kappa shape index (κ2) is 5.52. The standard InChI is InChI=1S/C14H22N2O/c1-11(17)12-6-8-16(9-7-12)14-5-3-2-4-13(14)10-15/h2-5,11-12,17H,6-10,15H2,1H3. The van der Waals surface area contributed by atoms with Gasteiger partial charge in [0.15, 0.2) is 0 Å². The van der Waals surface area contributed by atoms with Gasteiger partial charge in [-0.05, 0) is 37.3 Å². The topological polar surface area (TPSA) is 49.5 Å². The van der Waals surface area contributed by atoms with Crippen LogP contribution in [0.4, 0.5) is 5.69 Å². The molecule has 1 atom stereocenters. The van der Waals surface area contributed by atoms with E-state index < -0.39 is 0 Å². The summed E-state index contributed by atoms with van der Waals surface area (Å²) < 4.78 is 0. The van der Waals surface area contributed by atoms with Crippen LogP contribution in [0, 0.1) is 5.92 Å². The molecule has 17 heavy (non-hydrogen) atoms. The lowest BCUT2D eigenvalue weighted by Crippen LogP contribution is -2.37. The Bertz CT molecular complexity index is 357. The number of aliphatic hydroxyl groups is 1. The van der Waals surface area contributed by atoms with Gasteiger partial charge in [0, 0.05) is 25.3 Å². The average Bonchev–Trinajstić information content (AvgIpc) is 2.39. The quantitative estimate of drug-likeness (QED) is 0.837. The highest BCUT2D eigenvalue weighted by atomic mass is 16.3. The number of piperidine rings is 1. The van der Waals surface area contributed by atoms with Gasteiger partial charge in [-0.25, -0.2) is 0 Å². The molecule has 0 bridgehead atoms. The van der Waals surface area contributed by atoms with Crippen LogP contribution < -0.4 is 10.6 Å². The van der Waals surface area contributed by atoms with Gasteiger partial charge in [-0.2, -0.15) is 0 Å². The fourth-order valence-corrected chi connectivity index (χ4v) is 2.61. The molecule has 1 saturated heterocycles. The van der Waals surface area contributed by atoms with Crippen LogP contribution in [0.15, 0.2) is 24.3 Å². The van der Waals surface area contributed by atoms with Crippen LogP contribution >= 0.6 is 0 Å². The van der Waals surface area contributed by atoms with E-state index in [1.165, 1.54) is 11.3 Å². The molecule has 3 heteroatoms. The van der Waals surface area contributed by atoms with Crippen LogP contribution in [0.5, 0.6) is 0 Å². The second-order valence-electron chi connectivity index (χ2n) is 4.90. The molecule has 1 aliphatic heterocycles. The van der Waals surface area contributed by atoms with Crippen molar-refractivity contribution < 1.29 is 5.11 Å². The zero-order chi connectivity index (χ0) is 12.3. The van der Waals surface area contributed by atoms with Crippen molar-refractivity contribution in [2.24, 2.45) is 11.7 Å². The first-order chi connectivity index (χ1) is 8.22. The van der Waals surface area contributed by atoms with E-state index in [2.05, 4.69) is 23.1 Å². The largest absolute Gasteiger partial charge is 0.393 e. The summed E-state index contributed by atoms with van der Waals surface area (Å²) in [6.45, 7) is 4.53. The van der Waals surface area contributed by atoms with Crippen molar-refractivity contribution >= 4 is 5.69 Å². The van der Waals surface area contributed by atoms with Gasteiger partial charge in [0.1, 0.15) is 0 Å². The van der Waals surface area contributed by atoms with E-state index in [1.807, 2.05) is 13.0 Å². The molecular formula is C14H22N2O. The van der Waals surface area contributed by atoms with Crippen molar-refractivity contribution in [2.45, 2.75) is 32.4 Å². The van der Waals surface area contributed by atoms with Crippen LogP contribution in [-0.4, -0.2) is 24.3 Å². The van der Waals surface area contributed by atoms with E-state index in [0.29, 0.717) is 12.5 Å². The highest BCUT2D eigenvalue weighted by molar-refractivity contribution is 5.53. The molecule has 3 N–H and O–H groups in total. The fraction of sp³-hybridized carbons (Fsp3) is 0.571. The monoisotopic (exact) mass is 234 g/mol. The van der Waals surface area contributed by atoms with Crippen molar-refractivity contribution in [3.05, 3.63) is 29.8 Å². The van der Waals surface area contributed by atoms with Gasteiger partial charge >= 0.3 is 0 Å². The van der Waals surface area contributed by atoms with Crippen molar-refractivity contribution in [2.75, 3.05) is 18.0 Å². The maximum absolute atomic E-state index is 9.60. The SMILES string of the molecule is CC(O)C1CCN(c2ccccc2CN)CC1. The molecule has 0 amide bonds. The number of nitrogens with two attached hydrogens (primary N) is 1. The summed E-state index contributed by atoms with van der Waals surface area (Å²) in [5.41, 5.74) is 8.24. The third-order valence-corrected chi connectivity index (χ3v) is 3.77. The summed E-state index contributed by atoms with van der Waals surface area (Å²) in [7, 11) is 0. The van der Waals surface area contributed by atoms with Gasteiger partial charge in [-0.15, -0.1) is 0 Å². The molecule has 1 fully saturated rings. The number of hydrogen-bond donors (Lipinski definition) is 2. The minimum absolute atomic E-state index is 0.179. The van der Waals surface area contributed by atoms with Gasteiger partial charge in [-0.1, -0.05) is 18.2 Å². The van der Waals surface area contributed by atoms with Gasteiger partial charge in [0.2, 0.25) is 0 Å². The summed E-state index contributed by atoms with van der Waals surface area (Å²) in [5.74, 6) is 0.455. The molecule has 1 aromatic rings. The molecule has 0 radical (unpaired) electrons. The van der Waals surface area contributed by atoms with Crippen LogP contribution in [-0.2, 0) is 6.54 Å². The fourth-order valence-electron chi connectivity index (χ4n) is 2.61. The molecule has 3 nitrogen and oxygen atoms in total. The Morgan fingerprint density at radius 3 is 2.59 bits per heavy atom. The zero-order valence-electron chi connectivity index (χ0n) is 10.5. The third kappa shape index (κ3) is 2.79. The third-order valence-electron chi connectivity index (χ3n) is 3.77. The minimum atomic E-state index is -0.179. The molecule has 94 valence electrons. The van der Waals surface area contributed by atoms with Crippen LogP contribution in [0.2, 0.25) is 0 Å². The smallest absolute Gasteiger partial charge is 0.0541 e. The normalized spacial score (nSPS) is 19.4. The molecule has 1 aliphatic rings. The summed E-state index contributed by atoms with van der Waals surface area (Å²) in [6.07, 6.45) is 1.95. The van der Waals surface area contributed by atoms with Crippen LogP contribution in [0.25, 0.3) is 0 Å². The second-order valence-corrected chi connectivity index (χ2v) is 4.90. The first-order valence-corrected chi connectivity index (χ1v) is 6.43. The maximum Gasteiger partial charge on any atom is 0.0541 e. The molecule has 0 saturated carbocycles. The molecule has 0 spiro atoms. The molecule has 0 aromatic heterocycles. The van der Waals surface area contributed by atoms with Gasteiger partial charge < -0.3 is 15.7 Å². The van der Waals surface area contributed by atoms with Gasteiger partial charge in [-0.3, -0.25) is 0 Å².